The van der Waals surface area contributed by atoms with Crippen LogP contribution in [0.1, 0.15) is 16.2 Å². The molecule has 2 aromatic heterocycles. The quantitative estimate of drug-likeness (QED) is 0.408. The molecule has 0 saturated carbocycles. The predicted molar refractivity (Wildman–Crippen MR) is 116 cm³/mol. The monoisotopic (exact) mass is 420 g/mol. The lowest BCUT2D eigenvalue weighted by atomic mass is 10.2. The summed E-state index contributed by atoms with van der Waals surface area (Å²) >= 11 is 1.41. The smallest absolute Gasteiger partial charge is 0.278 e. The van der Waals surface area contributed by atoms with Gasteiger partial charge in [-0.1, -0.05) is 18.2 Å². The minimum atomic E-state index is -0.194. The molecule has 0 bridgehead atoms. The lowest BCUT2D eigenvalue weighted by Crippen LogP contribution is -2.30. The number of ether oxygens (including phenoxy) is 2. The molecule has 0 radical (unpaired) electrons. The first-order valence-corrected chi connectivity index (χ1v) is 10.1. The number of aromatic nitrogens is 1. The summed E-state index contributed by atoms with van der Waals surface area (Å²) < 4.78 is 16.1. The lowest BCUT2D eigenvalue weighted by molar-refractivity contribution is 0.0979. The topological polar surface area (TPSA) is 64.8 Å². The third-order valence-electron chi connectivity index (χ3n) is 4.56. The van der Waals surface area contributed by atoms with Crippen molar-refractivity contribution < 1.29 is 18.7 Å². The summed E-state index contributed by atoms with van der Waals surface area (Å²) in [6, 6.07) is 18.7. The van der Waals surface area contributed by atoms with E-state index >= 15 is 0 Å². The minimum absolute atomic E-state index is 0.194. The van der Waals surface area contributed by atoms with E-state index in [1.54, 1.807) is 36.8 Å². The van der Waals surface area contributed by atoms with E-state index in [-0.39, 0.29) is 5.91 Å². The fraction of sp³-hybridized carbons (Fsp3) is 0.130. The van der Waals surface area contributed by atoms with Crippen LogP contribution in [-0.2, 0) is 6.54 Å². The molecule has 0 aliphatic carbocycles. The third-order valence-corrected chi connectivity index (χ3v) is 5.45. The van der Waals surface area contributed by atoms with Crippen molar-refractivity contribution in [1.82, 2.24) is 4.98 Å². The summed E-state index contributed by atoms with van der Waals surface area (Å²) in [7, 11) is 3.18. The highest BCUT2D eigenvalue weighted by molar-refractivity contribution is 7.13. The molecule has 30 heavy (non-hydrogen) atoms. The molecule has 0 spiro atoms. The number of anilines is 1. The molecule has 4 aromatic rings. The maximum absolute atomic E-state index is 13.3. The van der Waals surface area contributed by atoms with Gasteiger partial charge in [-0.05, 0) is 42.5 Å². The molecule has 0 aliphatic rings. The van der Waals surface area contributed by atoms with Gasteiger partial charge in [-0.15, -0.1) is 11.3 Å². The molecule has 0 aliphatic heterocycles. The number of carbonyl (C=O) groups is 1. The van der Waals surface area contributed by atoms with Gasteiger partial charge in [-0.3, -0.25) is 9.69 Å². The zero-order valence-corrected chi connectivity index (χ0v) is 17.4. The first kappa shape index (κ1) is 19.7. The Morgan fingerprint density at radius 1 is 1.03 bits per heavy atom. The maximum atomic E-state index is 13.3. The Bertz CT molecular complexity index is 1120. The van der Waals surface area contributed by atoms with E-state index in [4.69, 9.17) is 13.9 Å². The van der Waals surface area contributed by atoms with Crippen LogP contribution in [0.2, 0.25) is 0 Å². The van der Waals surface area contributed by atoms with Gasteiger partial charge in [0.25, 0.3) is 5.91 Å². The zero-order chi connectivity index (χ0) is 20.9. The van der Waals surface area contributed by atoms with Crippen molar-refractivity contribution in [2.45, 2.75) is 6.54 Å². The van der Waals surface area contributed by atoms with Crippen LogP contribution in [0.3, 0.4) is 0 Å². The Morgan fingerprint density at radius 3 is 2.53 bits per heavy atom. The number of rotatable bonds is 7. The van der Waals surface area contributed by atoms with E-state index in [0.717, 1.165) is 16.3 Å². The van der Waals surface area contributed by atoms with Gasteiger partial charge in [-0.25, -0.2) is 4.98 Å². The number of furan rings is 1. The molecule has 6 nitrogen and oxygen atoms in total. The highest BCUT2D eigenvalue weighted by Crippen LogP contribution is 2.34. The molecule has 4 rings (SSSR count). The van der Waals surface area contributed by atoms with Crippen LogP contribution in [0.15, 0.2) is 76.7 Å². The molecule has 1 amide bonds. The van der Waals surface area contributed by atoms with Crippen LogP contribution < -0.4 is 14.4 Å². The molecular formula is C23H20N2O4S. The van der Waals surface area contributed by atoms with Gasteiger partial charge in [0, 0.05) is 16.6 Å². The molecule has 0 saturated heterocycles. The summed E-state index contributed by atoms with van der Waals surface area (Å²) in [4.78, 5) is 19.6. The van der Waals surface area contributed by atoms with Gasteiger partial charge in [-0.2, -0.15) is 0 Å². The van der Waals surface area contributed by atoms with Crippen molar-refractivity contribution in [2.75, 3.05) is 19.1 Å². The maximum Gasteiger partial charge on any atom is 0.278 e. The van der Waals surface area contributed by atoms with Crippen molar-refractivity contribution in [3.8, 4) is 22.1 Å². The van der Waals surface area contributed by atoms with Gasteiger partial charge in [0.15, 0.2) is 11.5 Å². The minimum Gasteiger partial charge on any atom is -0.493 e. The van der Waals surface area contributed by atoms with E-state index in [1.807, 2.05) is 54.6 Å². The first-order chi connectivity index (χ1) is 14.7. The van der Waals surface area contributed by atoms with E-state index in [0.29, 0.717) is 29.5 Å². The van der Waals surface area contributed by atoms with E-state index in [2.05, 4.69) is 4.98 Å². The van der Waals surface area contributed by atoms with Crippen molar-refractivity contribution in [3.05, 3.63) is 83.8 Å². The van der Waals surface area contributed by atoms with Crippen LogP contribution in [0.25, 0.3) is 10.6 Å². The second-order valence-corrected chi connectivity index (χ2v) is 7.27. The van der Waals surface area contributed by atoms with Gasteiger partial charge in [0.05, 0.1) is 27.0 Å². The fourth-order valence-electron chi connectivity index (χ4n) is 3.06. The van der Waals surface area contributed by atoms with Crippen molar-refractivity contribution >= 4 is 22.9 Å². The second-order valence-electron chi connectivity index (χ2n) is 6.41. The molecular weight excluding hydrogens is 400 g/mol. The second kappa shape index (κ2) is 8.84. The number of methoxy groups -OCH3 is 2. The molecule has 152 valence electrons. The van der Waals surface area contributed by atoms with Crippen molar-refractivity contribution in [2.24, 2.45) is 0 Å². The number of amides is 1. The van der Waals surface area contributed by atoms with Gasteiger partial charge in [0.1, 0.15) is 16.5 Å². The molecule has 0 unspecified atom stereocenters. The Hall–Kier alpha value is -3.58. The van der Waals surface area contributed by atoms with Gasteiger partial charge in [0.2, 0.25) is 0 Å². The molecule has 2 heterocycles. The standard InChI is InChI=1S/C23H20N2O4S/c1-27-20-11-10-16(13-21(20)28-2)22-24-19(15-30-22)23(26)25(14-18-9-6-12-29-18)17-7-4-3-5-8-17/h3-13,15H,14H2,1-2H3. The summed E-state index contributed by atoms with van der Waals surface area (Å²) in [6.07, 6.45) is 1.60. The van der Waals surface area contributed by atoms with Crippen LogP contribution >= 0.6 is 11.3 Å². The predicted octanol–water partition coefficient (Wildman–Crippen LogP) is 5.27. The first-order valence-electron chi connectivity index (χ1n) is 9.27. The number of nitrogens with zero attached hydrogens (tertiary/aromatic N) is 2. The van der Waals surface area contributed by atoms with Crippen molar-refractivity contribution in [1.29, 1.82) is 0 Å². The van der Waals surface area contributed by atoms with Crippen LogP contribution in [0.4, 0.5) is 5.69 Å². The van der Waals surface area contributed by atoms with Crippen molar-refractivity contribution in [3.63, 3.8) is 0 Å². The summed E-state index contributed by atoms with van der Waals surface area (Å²) in [5, 5.41) is 2.50. The molecule has 7 heteroatoms. The summed E-state index contributed by atoms with van der Waals surface area (Å²) in [5.74, 6) is 1.76. The Morgan fingerprint density at radius 2 is 1.83 bits per heavy atom. The number of hydrogen-bond donors (Lipinski definition) is 0. The third kappa shape index (κ3) is 4.06. The van der Waals surface area contributed by atoms with Gasteiger partial charge >= 0.3 is 0 Å². The number of para-hydroxylation sites is 1. The zero-order valence-electron chi connectivity index (χ0n) is 16.6. The van der Waals surface area contributed by atoms with E-state index in [9.17, 15) is 4.79 Å². The molecule has 0 fully saturated rings. The molecule has 2 aromatic carbocycles. The fourth-order valence-corrected chi connectivity index (χ4v) is 3.85. The summed E-state index contributed by atoms with van der Waals surface area (Å²) in [5.41, 5.74) is 2.01. The van der Waals surface area contributed by atoms with E-state index in [1.165, 1.54) is 11.3 Å². The highest BCUT2D eigenvalue weighted by Gasteiger charge is 2.22. The normalized spacial score (nSPS) is 10.6. The van der Waals surface area contributed by atoms with Crippen LogP contribution in [0, 0.1) is 0 Å². The lowest BCUT2D eigenvalue weighted by Gasteiger charge is -2.20. The average molecular weight is 420 g/mol. The largest absolute Gasteiger partial charge is 0.493 e. The van der Waals surface area contributed by atoms with Crippen LogP contribution in [-0.4, -0.2) is 25.1 Å². The van der Waals surface area contributed by atoms with Crippen LogP contribution in [0.5, 0.6) is 11.5 Å². The number of benzene rings is 2. The SMILES string of the molecule is COc1ccc(-c2nc(C(=O)N(Cc3ccco3)c3ccccc3)cs2)cc1OC. The molecule has 0 atom stereocenters. The number of hydrogen-bond acceptors (Lipinski definition) is 6. The molecule has 0 N–H and O–H groups in total. The Kier molecular flexibility index (Phi) is 5.81. The average Bonchev–Trinajstić information content (AvgIpc) is 3.49. The highest BCUT2D eigenvalue weighted by atomic mass is 32.1. The van der Waals surface area contributed by atoms with E-state index < -0.39 is 0 Å². The number of carbonyl (C=O) groups excluding carboxylic acids is 1. The van der Waals surface area contributed by atoms with Gasteiger partial charge < -0.3 is 13.9 Å². The number of thiazole rings is 1. The summed E-state index contributed by atoms with van der Waals surface area (Å²) in [6.45, 7) is 0.319. The Labute approximate surface area is 178 Å². The Balaban J connectivity index is 1.64.